The predicted octanol–water partition coefficient (Wildman–Crippen LogP) is -1.02. The first-order chi connectivity index (χ1) is 4.90. The van der Waals surface area contributed by atoms with Crippen LogP contribution >= 0.6 is 0 Å². The van der Waals surface area contributed by atoms with Crippen molar-refractivity contribution >= 4 is 0 Å². The second-order valence-corrected chi connectivity index (χ2v) is 3.53. The van der Waals surface area contributed by atoms with E-state index >= 15 is 0 Å². The second-order valence-electron chi connectivity index (χ2n) is 3.53. The summed E-state index contributed by atoms with van der Waals surface area (Å²) in [6.07, 6.45) is 0. The third-order valence-corrected chi connectivity index (χ3v) is 2.40. The molecule has 4 rings (SSSR count). The molecule has 62 valence electrons. The van der Waals surface area contributed by atoms with E-state index in [0.29, 0.717) is 0 Å². The Bertz CT molecular complexity index is 106. The molecule has 0 atom stereocenters. The number of hydrogen-bond donors (Lipinski definition) is 0. The minimum Gasteiger partial charge on any atom is -0.264 e. The molecule has 5 heteroatoms. The van der Waals surface area contributed by atoms with Crippen LogP contribution in [-0.4, -0.2) is 59.6 Å². The van der Waals surface area contributed by atoms with Gasteiger partial charge in [-0.05, 0) is 0 Å². The molecule has 0 aromatic carbocycles. The molecule has 4 nitrogen and oxygen atoms in total. The monoisotopic (exact) mass is 242 g/mol. The zero-order valence-electron chi connectivity index (χ0n) is 6.39. The second kappa shape index (κ2) is 2.75. The topological polar surface area (TPSA) is 13.0 Å². The van der Waals surface area contributed by atoms with Gasteiger partial charge in [0.2, 0.25) is 0 Å². The fraction of sp³-hybridized carbons (Fsp3) is 1.00. The molecule has 0 N–H and O–H groups in total. The summed E-state index contributed by atoms with van der Waals surface area (Å²) in [7, 11) is 0. The van der Waals surface area contributed by atoms with Gasteiger partial charge < -0.3 is 0 Å². The van der Waals surface area contributed by atoms with E-state index in [4.69, 9.17) is 0 Å². The molecule has 4 heterocycles. The van der Waals surface area contributed by atoms with Gasteiger partial charge in [0.05, 0.1) is 40.0 Å². The largest absolute Gasteiger partial charge is 2.00 e. The van der Waals surface area contributed by atoms with E-state index in [1.165, 1.54) is 40.0 Å². The van der Waals surface area contributed by atoms with E-state index in [9.17, 15) is 0 Å². The minimum atomic E-state index is 0. The van der Waals surface area contributed by atoms with Gasteiger partial charge in [0.15, 0.2) is 0 Å². The van der Waals surface area contributed by atoms with Crippen LogP contribution in [0.1, 0.15) is 0 Å². The maximum Gasteiger partial charge on any atom is 2.00 e. The molecule has 0 radical (unpaired) electrons. The molecule has 4 aliphatic heterocycles. The Morgan fingerprint density at radius 1 is 0.455 bits per heavy atom. The average Bonchev–Trinajstić information content (AvgIpc) is 1.82. The third-order valence-electron chi connectivity index (χ3n) is 2.40. The van der Waals surface area contributed by atoms with E-state index in [1.807, 2.05) is 0 Å². The average molecular weight is 241 g/mol. The van der Waals surface area contributed by atoms with Gasteiger partial charge in [-0.3, -0.25) is 19.6 Å². The van der Waals surface area contributed by atoms with Crippen molar-refractivity contribution < 1.29 is 19.5 Å². The van der Waals surface area contributed by atoms with Crippen molar-refractivity contribution in [1.82, 2.24) is 19.6 Å². The number of nitrogens with zero attached hydrogens (tertiary/aromatic N) is 4. The summed E-state index contributed by atoms with van der Waals surface area (Å²) in [6, 6.07) is 0. The summed E-state index contributed by atoms with van der Waals surface area (Å²) < 4.78 is 0. The summed E-state index contributed by atoms with van der Waals surface area (Å²) >= 11 is 0. The van der Waals surface area contributed by atoms with Gasteiger partial charge in [-0.25, -0.2) is 0 Å². The van der Waals surface area contributed by atoms with Crippen molar-refractivity contribution in [3.8, 4) is 0 Å². The van der Waals surface area contributed by atoms with Crippen molar-refractivity contribution in [2.75, 3.05) is 40.0 Å². The normalized spacial score (nSPS) is 52.4. The van der Waals surface area contributed by atoms with Crippen LogP contribution in [0.5, 0.6) is 0 Å². The van der Waals surface area contributed by atoms with Gasteiger partial charge in [0.1, 0.15) is 0 Å². The SMILES string of the molecule is C1N2CN3CN1CN(C2)C3.[Ru+2]. The van der Waals surface area contributed by atoms with Gasteiger partial charge in [-0.2, -0.15) is 0 Å². The van der Waals surface area contributed by atoms with E-state index in [-0.39, 0.29) is 19.5 Å². The molecule has 0 aromatic heterocycles. The van der Waals surface area contributed by atoms with Crippen LogP contribution in [0.3, 0.4) is 0 Å². The molecule has 0 aromatic rings. The molecule has 0 saturated carbocycles. The molecule has 0 aliphatic carbocycles. The van der Waals surface area contributed by atoms with Crippen molar-refractivity contribution in [3.63, 3.8) is 0 Å². The Balaban J connectivity index is 0.000000480. The Hall–Kier alpha value is 0.463. The molecule has 4 saturated heterocycles. The fourth-order valence-electron chi connectivity index (χ4n) is 2.23. The Morgan fingerprint density at radius 3 is 0.818 bits per heavy atom. The summed E-state index contributed by atoms with van der Waals surface area (Å²) in [5.74, 6) is 0. The molecular weight excluding hydrogens is 229 g/mol. The van der Waals surface area contributed by atoms with Crippen molar-refractivity contribution in [1.29, 1.82) is 0 Å². The molecule has 11 heavy (non-hydrogen) atoms. The molecule has 0 unspecified atom stereocenters. The minimum absolute atomic E-state index is 0. The molecule has 4 aliphatic rings. The van der Waals surface area contributed by atoms with Gasteiger partial charge in [-0.1, -0.05) is 0 Å². The van der Waals surface area contributed by atoms with E-state index in [1.54, 1.807) is 0 Å². The number of rotatable bonds is 0. The zero-order chi connectivity index (χ0) is 6.55. The van der Waals surface area contributed by atoms with Crippen molar-refractivity contribution in [3.05, 3.63) is 0 Å². The van der Waals surface area contributed by atoms with E-state index in [2.05, 4.69) is 19.6 Å². The molecule has 4 fully saturated rings. The molecule has 4 bridgehead atoms. The van der Waals surface area contributed by atoms with Gasteiger partial charge in [0.25, 0.3) is 0 Å². The van der Waals surface area contributed by atoms with E-state index < -0.39 is 0 Å². The van der Waals surface area contributed by atoms with Crippen LogP contribution in [0.25, 0.3) is 0 Å². The first-order valence-corrected chi connectivity index (χ1v) is 3.79. The maximum absolute atomic E-state index is 2.47. The molecular formula is C6H12N4Ru+2. The van der Waals surface area contributed by atoms with Gasteiger partial charge in [-0.15, -0.1) is 0 Å². The summed E-state index contributed by atoms with van der Waals surface area (Å²) in [4.78, 5) is 9.88. The summed E-state index contributed by atoms with van der Waals surface area (Å²) in [5.41, 5.74) is 0. The Morgan fingerprint density at radius 2 is 0.636 bits per heavy atom. The van der Waals surface area contributed by atoms with Crippen LogP contribution in [0.15, 0.2) is 0 Å². The van der Waals surface area contributed by atoms with Gasteiger partial charge in [0, 0.05) is 0 Å². The third kappa shape index (κ3) is 1.25. The zero-order valence-corrected chi connectivity index (χ0v) is 8.12. The fourth-order valence-corrected chi connectivity index (χ4v) is 2.23. The Labute approximate surface area is 79.5 Å². The van der Waals surface area contributed by atoms with Crippen molar-refractivity contribution in [2.45, 2.75) is 0 Å². The summed E-state index contributed by atoms with van der Waals surface area (Å²) in [6.45, 7) is 7.12. The van der Waals surface area contributed by atoms with Crippen LogP contribution in [0, 0.1) is 0 Å². The van der Waals surface area contributed by atoms with E-state index in [0.717, 1.165) is 0 Å². The first-order valence-electron chi connectivity index (χ1n) is 3.79. The van der Waals surface area contributed by atoms with Gasteiger partial charge >= 0.3 is 19.5 Å². The van der Waals surface area contributed by atoms with Crippen LogP contribution in [0.4, 0.5) is 0 Å². The quantitative estimate of drug-likeness (QED) is 0.503. The first kappa shape index (κ1) is 8.08. The molecule has 0 amide bonds. The van der Waals surface area contributed by atoms with Crippen LogP contribution < -0.4 is 0 Å². The predicted molar refractivity (Wildman–Crippen MR) is 36.6 cm³/mol. The standard InChI is InChI=1S/C6H12N4.Ru/c1-7-2-9-4-8(1)5-10(3-7)6-9;/h1-6H2;/q;+2. The van der Waals surface area contributed by atoms with Crippen molar-refractivity contribution in [2.24, 2.45) is 0 Å². The molecule has 0 spiro atoms. The van der Waals surface area contributed by atoms with Crippen LogP contribution in [0.2, 0.25) is 0 Å². The number of hydrogen-bond acceptors (Lipinski definition) is 4. The van der Waals surface area contributed by atoms with Crippen LogP contribution in [-0.2, 0) is 19.5 Å². The maximum atomic E-state index is 2.47. The summed E-state index contributed by atoms with van der Waals surface area (Å²) in [5, 5.41) is 0. The smallest absolute Gasteiger partial charge is 0.264 e. The Kier molecular flexibility index (Phi) is 2.02.